The molecular formula is C16H25OP. The first-order valence-corrected chi connectivity index (χ1v) is 8.67. The van der Waals surface area contributed by atoms with Crippen molar-refractivity contribution in [3.05, 3.63) is 30.3 Å². The van der Waals surface area contributed by atoms with Crippen molar-refractivity contribution in [3.63, 3.8) is 0 Å². The molecule has 1 aromatic rings. The third-order valence-electron chi connectivity index (χ3n) is 4.42. The van der Waals surface area contributed by atoms with E-state index in [0.717, 1.165) is 17.6 Å². The largest absolute Gasteiger partial charge is 0.322 e. The fourth-order valence-corrected chi connectivity index (χ4v) is 5.83. The van der Waals surface area contributed by atoms with Crippen LogP contribution < -0.4 is 5.30 Å². The molecule has 0 spiro atoms. The van der Waals surface area contributed by atoms with E-state index in [1.165, 1.54) is 12.8 Å². The van der Waals surface area contributed by atoms with Gasteiger partial charge in [0, 0.05) is 11.0 Å². The molecule has 1 aromatic carbocycles. The van der Waals surface area contributed by atoms with Gasteiger partial charge in [-0.2, -0.15) is 0 Å². The summed E-state index contributed by atoms with van der Waals surface area (Å²) in [5.74, 6) is 2.04. The van der Waals surface area contributed by atoms with Gasteiger partial charge >= 0.3 is 0 Å². The monoisotopic (exact) mass is 264 g/mol. The molecule has 1 nitrogen and oxygen atoms in total. The van der Waals surface area contributed by atoms with Crippen LogP contribution in [0.1, 0.15) is 40.0 Å². The summed E-state index contributed by atoms with van der Waals surface area (Å²) in [4.78, 5) is 0. The van der Waals surface area contributed by atoms with E-state index in [4.69, 9.17) is 0 Å². The molecular weight excluding hydrogens is 239 g/mol. The summed E-state index contributed by atoms with van der Waals surface area (Å²) in [6.07, 6.45) is 3.71. The van der Waals surface area contributed by atoms with Crippen molar-refractivity contribution in [2.75, 3.05) is 0 Å². The minimum absolute atomic E-state index is 0.418. The van der Waals surface area contributed by atoms with Gasteiger partial charge in [0.2, 0.25) is 0 Å². The first-order valence-electron chi connectivity index (χ1n) is 7.19. The molecule has 1 saturated carbocycles. The summed E-state index contributed by atoms with van der Waals surface area (Å²) in [6, 6.07) is 10.1. The van der Waals surface area contributed by atoms with E-state index in [-0.39, 0.29) is 0 Å². The number of hydrogen-bond acceptors (Lipinski definition) is 1. The lowest BCUT2D eigenvalue weighted by Gasteiger charge is -2.37. The predicted molar refractivity (Wildman–Crippen MR) is 80.2 cm³/mol. The van der Waals surface area contributed by atoms with Gasteiger partial charge < -0.3 is 4.57 Å². The molecule has 0 bridgehead atoms. The second-order valence-electron chi connectivity index (χ2n) is 6.16. The normalized spacial score (nSPS) is 30.3. The fraction of sp³-hybridized carbons (Fsp3) is 0.625. The minimum atomic E-state index is -1.64. The Morgan fingerprint density at radius 1 is 1.17 bits per heavy atom. The van der Waals surface area contributed by atoms with E-state index in [2.05, 4.69) is 20.8 Å². The Labute approximate surface area is 112 Å². The van der Waals surface area contributed by atoms with Crippen molar-refractivity contribution in [3.8, 4) is 0 Å². The molecule has 0 aromatic heterocycles. The molecule has 0 amide bonds. The number of rotatable bonds is 3. The molecule has 0 N–H and O–H groups in total. The van der Waals surface area contributed by atoms with Crippen LogP contribution in [0, 0.1) is 17.8 Å². The van der Waals surface area contributed by atoms with E-state index in [9.17, 15) is 4.57 Å². The second-order valence-corrected chi connectivity index (χ2v) is 8.21. The van der Waals surface area contributed by atoms with Crippen LogP contribution in [0.3, 0.4) is 0 Å². The summed E-state index contributed by atoms with van der Waals surface area (Å²) < 4.78 is 12.8. The van der Waals surface area contributed by atoms with Crippen molar-refractivity contribution >= 4 is 13.1 Å². The van der Waals surface area contributed by atoms with Crippen LogP contribution in [0.25, 0.3) is 0 Å². The van der Waals surface area contributed by atoms with E-state index in [0.29, 0.717) is 17.5 Å². The zero-order valence-electron chi connectivity index (χ0n) is 11.7. The maximum Gasteiger partial charge on any atom is 0.107 e. The Hall–Kier alpha value is -0.550. The molecule has 0 heterocycles. The highest BCUT2D eigenvalue weighted by Crippen LogP contribution is 2.45. The highest BCUT2D eigenvalue weighted by molar-refractivity contribution is 7.54. The van der Waals surface area contributed by atoms with Gasteiger partial charge in [-0.25, -0.2) is 0 Å². The van der Waals surface area contributed by atoms with Crippen molar-refractivity contribution < 1.29 is 4.57 Å². The van der Waals surface area contributed by atoms with Crippen LogP contribution in [0.5, 0.6) is 0 Å². The average Bonchev–Trinajstić information content (AvgIpc) is 2.38. The molecule has 18 heavy (non-hydrogen) atoms. The van der Waals surface area contributed by atoms with E-state index in [1.54, 1.807) is 0 Å². The smallest absolute Gasteiger partial charge is 0.107 e. The molecule has 1 fully saturated rings. The lowest BCUT2D eigenvalue weighted by Crippen LogP contribution is -2.31. The van der Waals surface area contributed by atoms with E-state index in [1.807, 2.05) is 30.3 Å². The summed E-state index contributed by atoms with van der Waals surface area (Å²) in [7, 11) is -1.64. The van der Waals surface area contributed by atoms with Gasteiger partial charge in [-0.15, -0.1) is 0 Å². The molecule has 0 unspecified atom stereocenters. The van der Waals surface area contributed by atoms with Crippen LogP contribution in [0.2, 0.25) is 0 Å². The Morgan fingerprint density at radius 3 is 2.44 bits per heavy atom. The molecule has 1 aliphatic rings. The van der Waals surface area contributed by atoms with Gasteiger partial charge in [0.15, 0.2) is 0 Å². The van der Waals surface area contributed by atoms with Gasteiger partial charge in [-0.3, -0.25) is 0 Å². The molecule has 0 aliphatic heterocycles. The Bertz CT molecular complexity index is 399. The fourth-order valence-electron chi connectivity index (χ4n) is 3.32. The molecule has 1 aliphatic carbocycles. The average molecular weight is 264 g/mol. The molecule has 100 valence electrons. The lowest BCUT2D eigenvalue weighted by atomic mass is 9.77. The zero-order chi connectivity index (χ0) is 13.1. The summed E-state index contributed by atoms with van der Waals surface area (Å²) >= 11 is 0. The third kappa shape index (κ3) is 3.06. The highest BCUT2D eigenvalue weighted by Gasteiger charge is 2.34. The molecule has 0 saturated heterocycles. The van der Waals surface area contributed by atoms with E-state index < -0.39 is 7.80 Å². The maximum absolute atomic E-state index is 12.8. The molecule has 2 rings (SSSR count). The number of hydrogen-bond donors (Lipinski definition) is 0. The first kappa shape index (κ1) is 13.9. The highest BCUT2D eigenvalue weighted by atomic mass is 31.1. The van der Waals surface area contributed by atoms with Gasteiger partial charge in [-0.05, 0) is 30.6 Å². The first-order chi connectivity index (χ1) is 8.59. The van der Waals surface area contributed by atoms with Gasteiger partial charge in [0.1, 0.15) is 7.80 Å². The topological polar surface area (TPSA) is 17.1 Å². The second kappa shape index (κ2) is 6.06. The van der Waals surface area contributed by atoms with Crippen molar-refractivity contribution in [1.29, 1.82) is 0 Å². The molecule has 4 atom stereocenters. The van der Waals surface area contributed by atoms with Crippen molar-refractivity contribution in [2.45, 2.75) is 45.7 Å². The quantitative estimate of drug-likeness (QED) is 0.742. The standard InChI is InChI=1S/C16H25OP/c1-12(2)15-10-9-13(3)11-16(15)18(17)14-7-5-4-6-8-14/h4-8,12-13,15-16,18H,9-11H2,1-3H3/t13-,15+,16-/m1/s1. The Morgan fingerprint density at radius 2 is 1.83 bits per heavy atom. The maximum atomic E-state index is 12.8. The van der Waals surface area contributed by atoms with E-state index >= 15 is 0 Å². The summed E-state index contributed by atoms with van der Waals surface area (Å²) in [6.45, 7) is 6.88. The Kier molecular flexibility index (Phi) is 4.67. The van der Waals surface area contributed by atoms with Crippen molar-refractivity contribution in [2.24, 2.45) is 17.8 Å². The molecule has 0 radical (unpaired) electrons. The van der Waals surface area contributed by atoms with Crippen molar-refractivity contribution in [1.82, 2.24) is 0 Å². The van der Waals surface area contributed by atoms with Crippen LogP contribution in [0.4, 0.5) is 0 Å². The molecule has 2 heteroatoms. The number of benzene rings is 1. The zero-order valence-corrected chi connectivity index (χ0v) is 12.7. The van der Waals surface area contributed by atoms with Gasteiger partial charge in [-0.1, -0.05) is 57.5 Å². The Balaban J connectivity index is 2.20. The predicted octanol–water partition coefficient (Wildman–Crippen LogP) is 4.33. The SMILES string of the molecule is CC(C)[C@@H]1CC[C@@H](C)C[C@H]1[P@@H](=O)c1ccccc1. The third-order valence-corrected chi connectivity index (χ3v) is 6.66. The van der Waals surface area contributed by atoms with Gasteiger partial charge in [0.05, 0.1) is 0 Å². The van der Waals surface area contributed by atoms with Crippen LogP contribution in [-0.2, 0) is 4.57 Å². The van der Waals surface area contributed by atoms with Crippen LogP contribution >= 0.6 is 7.80 Å². The van der Waals surface area contributed by atoms with Gasteiger partial charge in [0.25, 0.3) is 0 Å². The lowest BCUT2D eigenvalue weighted by molar-refractivity contribution is 0.239. The summed E-state index contributed by atoms with van der Waals surface area (Å²) in [5.41, 5.74) is 0.418. The van der Waals surface area contributed by atoms with Crippen LogP contribution in [0.15, 0.2) is 30.3 Å². The summed E-state index contributed by atoms with van der Waals surface area (Å²) in [5, 5.41) is 1.08. The minimum Gasteiger partial charge on any atom is -0.322 e. The van der Waals surface area contributed by atoms with Crippen LogP contribution in [-0.4, -0.2) is 5.66 Å².